The van der Waals surface area contributed by atoms with Gasteiger partial charge in [-0.15, -0.1) is 11.3 Å². The van der Waals surface area contributed by atoms with Gasteiger partial charge in [-0.3, -0.25) is 4.79 Å². The first-order chi connectivity index (χ1) is 16.8. The molecule has 1 aliphatic carbocycles. The molecule has 0 radical (unpaired) electrons. The lowest BCUT2D eigenvalue weighted by Crippen LogP contribution is -2.42. The fourth-order valence-corrected chi connectivity index (χ4v) is 5.96. The maximum atomic E-state index is 13.7. The monoisotopic (exact) mass is 509 g/mol. The number of benzene rings is 2. The largest absolute Gasteiger partial charge is 0.465 e. The van der Waals surface area contributed by atoms with E-state index in [0.29, 0.717) is 21.5 Å². The Labute approximate surface area is 216 Å². The van der Waals surface area contributed by atoms with Crippen molar-refractivity contribution in [2.75, 3.05) is 12.0 Å². The molecule has 0 spiro atoms. The Morgan fingerprint density at radius 3 is 2.03 bits per heavy atom. The molecule has 1 aromatic heterocycles. The van der Waals surface area contributed by atoms with Gasteiger partial charge >= 0.3 is 5.97 Å². The Bertz CT molecular complexity index is 1180. The molecule has 0 bridgehead atoms. The van der Waals surface area contributed by atoms with Crippen LogP contribution in [0.4, 0.5) is 5.69 Å². The zero-order chi connectivity index (χ0) is 25.1. The molecule has 35 heavy (non-hydrogen) atoms. The molecule has 0 unspecified atom stereocenters. The highest BCUT2D eigenvalue weighted by Gasteiger charge is 2.33. The first kappa shape index (κ1) is 25.5. The quantitative estimate of drug-likeness (QED) is 0.315. The van der Waals surface area contributed by atoms with Gasteiger partial charge in [-0.1, -0.05) is 54.9 Å². The highest BCUT2D eigenvalue weighted by atomic mass is 35.5. The maximum absolute atomic E-state index is 13.7. The van der Waals surface area contributed by atoms with Crippen molar-refractivity contribution in [1.29, 1.82) is 0 Å². The molecule has 4 nitrogen and oxygen atoms in total. The number of amides is 1. The number of methoxy groups -OCH3 is 1. The van der Waals surface area contributed by atoms with E-state index < -0.39 is 5.97 Å². The van der Waals surface area contributed by atoms with E-state index in [1.54, 1.807) is 0 Å². The summed E-state index contributed by atoms with van der Waals surface area (Å²) in [4.78, 5) is 29.6. The minimum atomic E-state index is -0.412. The number of carbonyl (C=O) groups excluding carboxylic acids is 2. The summed E-state index contributed by atoms with van der Waals surface area (Å²) < 4.78 is 5.10. The molecule has 1 aliphatic rings. The fraction of sp³-hybridized carbons (Fsp3) is 0.379. The summed E-state index contributed by atoms with van der Waals surface area (Å²) in [5.41, 5.74) is 3.81. The van der Waals surface area contributed by atoms with Gasteiger partial charge in [0, 0.05) is 21.9 Å². The van der Waals surface area contributed by atoms with Crippen LogP contribution in [-0.4, -0.2) is 25.0 Å². The van der Waals surface area contributed by atoms with E-state index in [4.69, 9.17) is 16.3 Å². The molecule has 1 fully saturated rings. The number of anilines is 1. The summed E-state index contributed by atoms with van der Waals surface area (Å²) in [7, 11) is 1.39. The van der Waals surface area contributed by atoms with Crippen LogP contribution < -0.4 is 4.90 Å². The molecule has 1 saturated carbocycles. The zero-order valence-corrected chi connectivity index (χ0v) is 22.3. The highest BCUT2D eigenvalue weighted by Crippen LogP contribution is 2.40. The Hall–Kier alpha value is -2.63. The van der Waals surface area contributed by atoms with Crippen LogP contribution in [0.15, 0.2) is 54.6 Å². The molecule has 1 heterocycles. The molecule has 2 aromatic carbocycles. The van der Waals surface area contributed by atoms with Gasteiger partial charge in [0.25, 0.3) is 0 Å². The SMILES string of the molecule is COC(=O)c1sc(-c2ccc(-c3ccc(Cl)cc3)cc2)cc1N(C(=O)C1CCC(C)CC1)C(C)C. The van der Waals surface area contributed by atoms with E-state index in [-0.39, 0.29) is 17.9 Å². The van der Waals surface area contributed by atoms with Crippen LogP contribution in [0, 0.1) is 11.8 Å². The van der Waals surface area contributed by atoms with Crippen molar-refractivity contribution in [2.24, 2.45) is 11.8 Å². The number of carbonyl (C=O) groups is 2. The van der Waals surface area contributed by atoms with E-state index in [1.165, 1.54) is 18.4 Å². The van der Waals surface area contributed by atoms with Crippen molar-refractivity contribution >= 4 is 40.5 Å². The van der Waals surface area contributed by atoms with Crippen molar-refractivity contribution in [1.82, 2.24) is 0 Å². The third-order valence-corrected chi connectivity index (χ3v) is 8.21. The van der Waals surface area contributed by atoms with Crippen LogP contribution in [0.1, 0.15) is 56.1 Å². The highest BCUT2D eigenvalue weighted by molar-refractivity contribution is 7.18. The maximum Gasteiger partial charge on any atom is 0.350 e. The van der Waals surface area contributed by atoms with E-state index in [9.17, 15) is 9.59 Å². The van der Waals surface area contributed by atoms with E-state index in [0.717, 1.165) is 47.3 Å². The molecule has 0 aliphatic heterocycles. The van der Waals surface area contributed by atoms with Gasteiger partial charge in [0.1, 0.15) is 4.88 Å². The van der Waals surface area contributed by atoms with Gasteiger partial charge in [-0.05, 0) is 80.3 Å². The molecule has 0 N–H and O–H groups in total. The number of rotatable bonds is 6. The van der Waals surface area contributed by atoms with Crippen LogP contribution >= 0.6 is 22.9 Å². The molecule has 0 atom stereocenters. The van der Waals surface area contributed by atoms with E-state index >= 15 is 0 Å². The number of hydrogen-bond donors (Lipinski definition) is 0. The van der Waals surface area contributed by atoms with Crippen molar-refractivity contribution in [3.8, 4) is 21.6 Å². The van der Waals surface area contributed by atoms with Gasteiger partial charge in [-0.25, -0.2) is 4.79 Å². The number of halogens is 1. The Morgan fingerprint density at radius 1 is 0.943 bits per heavy atom. The minimum Gasteiger partial charge on any atom is -0.465 e. The molecule has 184 valence electrons. The number of ether oxygens (including phenoxy) is 1. The standard InChI is InChI=1S/C29H32ClNO3S/c1-18(2)31(28(32)23-7-5-19(3)6-8-23)25-17-26(35-27(25)29(33)34-4)22-11-9-20(10-12-22)21-13-15-24(30)16-14-21/h9-19,23H,5-8H2,1-4H3. The molecular weight excluding hydrogens is 478 g/mol. The molecule has 0 saturated heterocycles. The summed E-state index contributed by atoms with van der Waals surface area (Å²) in [6, 6.07) is 17.9. The third-order valence-electron chi connectivity index (χ3n) is 6.81. The predicted molar refractivity (Wildman–Crippen MR) is 145 cm³/mol. The predicted octanol–water partition coefficient (Wildman–Crippen LogP) is 8.09. The topological polar surface area (TPSA) is 46.6 Å². The first-order valence-electron chi connectivity index (χ1n) is 12.2. The Morgan fingerprint density at radius 2 is 1.49 bits per heavy atom. The fourth-order valence-electron chi connectivity index (χ4n) is 4.77. The van der Waals surface area contributed by atoms with Crippen molar-refractivity contribution in [2.45, 2.75) is 52.5 Å². The molecule has 3 aromatic rings. The lowest BCUT2D eigenvalue weighted by Gasteiger charge is -2.33. The summed E-state index contributed by atoms with van der Waals surface area (Å²) in [5.74, 6) is 0.367. The van der Waals surface area contributed by atoms with Crippen molar-refractivity contribution in [3.05, 3.63) is 64.5 Å². The number of esters is 1. The average Bonchev–Trinajstić information content (AvgIpc) is 3.29. The van der Waals surface area contributed by atoms with Crippen LogP contribution in [0.3, 0.4) is 0 Å². The zero-order valence-electron chi connectivity index (χ0n) is 20.7. The van der Waals surface area contributed by atoms with E-state index in [2.05, 4.69) is 19.1 Å². The van der Waals surface area contributed by atoms with Crippen LogP contribution in [0.25, 0.3) is 21.6 Å². The second kappa shape index (κ2) is 11.0. The Kier molecular flexibility index (Phi) is 7.98. The number of hydrogen-bond acceptors (Lipinski definition) is 4. The second-order valence-electron chi connectivity index (χ2n) is 9.66. The van der Waals surface area contributed by atoms with Crippen molar-refractivity contribution in [3.63, 3.8) is 0 Å². The van der Waals surface area contributed by atoms with Gasteiger partial charge in [0.05, 0.1) is 12.8 Å². The van der Waals surface area contributed by atoms with Crippen molar-refractivity contribution < 1.29 is 14.3 Å². The van der Waals surface area contributed by atoms with Gasteiger partial charge in [0.2, 0.25) is 5.91 Å². The summed E-state index contributed by atoms with van der Waals surface area (Å²) in [5, 5.41) is 0.707. The lowest BCUT2D eigenvalue weighted by molar-refractivity contribution is -0.123. The first-order valence-corrected chi connectivity index (χ1v) is 13.4. The summed E-state index contributed by atoms with van der Waals surface area (Å²) >= 11 is 7.39. The van der Waals surface area contributed by atoms with Gasteiger partial charge in [0.15, 0.2) is 0 Å². The summed E-state index contributed by atoms with van der Waals surface area (Å²) in [6.07, 6.45) is 3.95. The second-order valence-corrected chi connectivity index (χ2v) is 11.1. The van der Waals surface area contributed by atoms with Crippen LogP contribution in [0.2, 0.25) is 5.02 Å². The average molecular weight is 510 g/mol. The Balaban J connectivity index is 1.68. The molecular formula is C29H32ClNO3S. The molecule has 1 amide bonds. The minimum absolute atomic E-state index is 0.00102. The normalized spacial score (nSPS) is 17.9. The third kappa shape index (κ3) is 5.62. The number of nitrogens with zero attached hydrogens (tertiary/aromatic N) is 1. The van der Waals surface area contributed by atoms with Crippen LogP contribution in [-0.2, 0) is 9.53 Å². The molecule has 4 rings (SSSR count). The smallest absolute Gasteiger partial charge is 0.350 e. The summed E-state index contributed by atoms with van der Waals surface area (Å²) in [6.45, 7) is 6.25. The van der Waals surface area contributed by atoms with Crippen LogP contribution in [0.5, 0.6) is 0 Å². The van der Waals surface area contributed by atoms with Gasteiger partial charge < -0.3 is 9.64 Å². The lowest BCUT2D eigenvalue weighted by atomic mass is 9.82. The van der Waals surface area contributed by atoms with Gasteiger partial charge in [-0.2, -0.15) is 0 Å². The molecule has 6 heteroatoms. The number of thiophene rings is 1. The van der Waals surface area contributed by atoms with E-state index in [1.807, 2.05) is 61.2 Å².